The molecule has 0 aliphatic rings. The molecule has 0 spiro atoms. The number of aromatic nitrogens is 4. The average Bonchev–Trinajstić information content (AvgIpc) is 2.76. The van der Waals surface area contributed by atoms with Gasteiger partial charge in [0.25, 0.3) is 5.91 Å². The molecule has 2 aromatic heterocycles. The first-order valence-electron chi connectivity index (χ1n) is 5.38. The van der Waals surface area contributed by atoms with Crippen molar-refractivity contribution in [1.82, 2.24) is 25.1 Å². The van der Waals surface area contributed by atoms with Crippen molar-refractivity contribution in [2.75, 3.05) is 6.54 Å². The molecule has 18 heavy (non-hydrogen) atoms. The highest BCUT2D eigenvalue weighted by Crippen LogP contribution is 2.01. The molecule has 6 nitrogen and oxygen atoms in total. The van der Waals surface area contributed by atoms with Gasteiger partial charge in [0.2, 0.25) is 0 Å². The van der Waals surface area contributed by atoms with Gasteiger partial charge in [-0.25, -0.2) is 9.97 Å². The summed E-state index contributed by atoms with van der Waals surface area (Å²) in [6.45, 7) is 0.523. The van der Waals surface area contributed by atoms with Crippen LogP contribution in [-0.2, 0) is 13.5 Å². The van der Waals surface area contributed by atoms with Crippen molar-refractivity contribution in [2.45, 2.75) is 6.42 Å². The Morgan fingerprint density at radius 3 is 2.83 bits per heavy atom. The molecule has 2 heterocycles. The zero-order chi connectivity index (χ0) is 13.0. The summed E-state index contributed by atoms with van der Waals surface area (Å²) in [7, 11) is 1.85. The molecular formula is C11H12ClN5O. The Hall–Kier alpha value is -1.95. The summed E-state index contributed by atoms with van der Waals surface area (Å²) >= 11 is 5.59. The van der Waals surface area contributed by atoms with Crippen LogP contribution >= 0.6 is 11.6 Å². The van der Waals surface area contributed by atoms with Crippen molar-refractivity contribution in [1.29, 1.82) is 0 Å². The molecule has 0 aromatic carbocycles. The Kier molecular flexibility index (Phi) is 3.88. The fraction of sp³-hybridized carbons (Fsp3) is 0.273. The number of nitrogens with one attached hydrogen (secondary N) is 1. The molecule has 0 saturated carbocycles. The van der Waals surface area contributed by atoms with E-state index in [0.717, 1.165) is 12.0 Å². The van der Waals surface area contributed by atoms with Gasteiger partial charge in [-0.2, -0.15) is 5.10 Å². The third-order valence-corrected chi connectivity index (χ3v) is 2.51. The number of carbonyl (C=O) groups excluding carboxylic acids is 1. The summed E-state index contributed by atoms with van der Waals surface area (Å²) in [6.07, 6.45) is 7.10. The molecule has 0 unspecified atom stereocenters. The monoisotopic (exact) mass is 265 g/mol. The molecule has 7 heteroatoms. The Labute approximate surface area is 109 Å². The first-order valence-corrected chi connectivity index (χ1v) is 5.76. The van der Waals surface area contributed by atoms with Crippen LogP contribution in [0.5, 0.6) is 0 Å². The second-order valence-corrected chi connectivity index (χ2v) is 4.14. The van der Waals surface area contributed by atoms with Crippen LogP contribution in [0.2, 0.25) is 5.15 Å². The Morgan fingerprint density at radius 2 is 2.22 bits per heavy atom. The average molecular weight is 266 g/mol. The van der Waals surface area contributed by atoms with Gasteiger partial charge < -0.3 is 5.32 Å². The lowest BCUT2D eigenvalue weighted by atomic mass is 10.2. The standard InChI is InChI=1S/C11H12ClN5O/c1-17-7-8(4-16-17)2-3-13-11(18)9-5-15-10(12)6-14-9/h4-7H,2-3H2,1H3,(H,13,18). The van der Waals surface area contributed by atoms with Gasteiger partial charge >= 0.3 is 0 Å². The fourth-order valence-electron chi connectivity index (χ4n) is 1.44. The summed E-state index contributed by atoms with van der Waals surface area (Å²) in [5.41, 5.74) is 1.32. The maximum atomic E-state index is 11.7. The number of rotatable bonds is 4. The number of carbonyl (C=O) groups is 1. The van der Waals surface area contributed by atoms with Crippen LogP contribution in [0.1, 0.15) is 16.1 Å². The van der Waals surface area contributed by atoms with E-state index < -0.39 is 0 Å². The second kappa shape index (κ2) is 5.59. The minimum atomic E-state index is -0.261. The largest absolute Gasteiger partial charge is 0.350 e. The normalized spacial score (nSPS) is 10.3. The van der Waals surface area contributed by atoms with Crippen LogP contribution in [0.15, 0.2) is 24.8 Å². The number of hydrogen-bond acceptors (Lipinski definition) is 4. The van der Waals surface area contributed by atoms with Crippen molar-refractivity contribution < 1.29 is 4.79 Å². The molecule has 2 aromatic rings. The Morgan fingerprint density at radius 1 is 1.39 bits per heavy atom. The number of aryl methyl sites for hydroxylation is 1. The van der Waals surface area contributed by atoms with Crippen LogP contribution in [0.4, 0.5) is 0 Å². The molecular weight excluding hydrogens is 254 g/mol. The minimum Gasteiger partial charge on any atom is -0.350 e. The van der Waals surface area contributed by atoms with Crippen LogP contribution < -0.4 is 5.32 Å². The van der Waals surface area contributed by atoms with E-state index in [1.165, 1.54) is 12.4 Å². The summed E-state index contributed by atoms with van der Waals surface area (Å²) in [5.74, 6) is -0.261. The molecule has 0 fully saturated rings. The zero-order valence-corrected chi connectivity index (χ0v) is 10.6. The molecule has 1 amide bonds. The molecule has 0 aliphatic heterocycles. The summed E-state index contributed by atoms with van der Waals surface area (Å²) in [5, 5.41) is 7.07. The first kappa shape index (κ1) is 12.5. The molecule has 2 rings (SSSR count). The Bertz CT molecular complexity index is 537. The smallest absolute Gasteiger partial charge is 0.271 e. The van der Waals surface area contributed by atoms with E-state index in [1.807, 2.05) is 13.2 Å². The van der Waals surface area contributed by atoms with Crippen LogP contribution in [0.3, 0.4) is 0 Å². The summed E-state index contributed by atoms with van der Waals surface area (Å²) in [4.78, 5) is 19.4. The summed E-state index contributed by atoms with van der Waals surface area (Å²) in [6, 6.07) is 0. The number of halogens is 1. The van der Waals surface area contributed by atoms with Crippen molar-refractivity contribution in [3.05, 3.63) is 41.2 Å². The van der Waals surface area contributed by atoms with Gasteiger partial charge in [-0.1, -0.05) is 11.6 Å². The van der Waals surface area contributed by atoms with E-state index in [2.05, 4.69) is 20.4 Å². The van der Waals surface area contributed by atoms with Gasteiger partial charge in [0.1, 0.15) is 10.8 Å². The number of nitrogens with zero attached hydrogens (tertiary/aromatic N) is 4. The van der Waals surface area contributed by atoms with E-state index >= 15 is 0 Å². The molecule has 0 bridgehead atoms. The van der Waals surface area contributed by atoms with Gasteiger partial charge in [-0.05, 0) is 12.0 Å². The third-order valence-electron chi connectivity index (χ3n) is 2.31. The predicted octanol–water partition coefficient (Wildman–Crippen LogP) is 0.836. The lowest BCUT2D eigenvalue weighted by Crippen LogP contribution is -2.26. The van der Waals surface area contributed by atoms with E-state index in [-0.39, 0.29) is 16.8 Å². The van der Waals surface area contributed by atoms with Gasteiger partial charge in [-0.15, -0.1) is 0 Å². The minimum absolute atomic E-state index is 0.255. The first-order chi connectivity index (χ1) is 8.65. The molecule has 0 atom stereocenters. The lowest BCUT2D eigenvalue weighted by molar-refractivity contribution is 0.0949. The zero-order valence-electron chi connectivity index (χ0n) is 9.80. The number of amides is 1. The van der Waals surface area contributed by atoms with Gasteiger partial charge in [0.05, 0.1) is 18.6 Å². The van der Waals surface area contributed by atoms with E-state index in [9.17, 15) is 4.79 Å². The molecule has 1 N–H and O–H groups in total. The van der Waals surface area contributed by atoms with E-state index in [1.54, 1.807) is 10.9 Å². The molecule has 0 aliphatic carbocycles. The van der Waals surface area contributed by atoms with Crippen LogP contribution in [0, 0.1) is 0 Å². The maximum Gasteiger partial charge on any atom is 0.271 e. The summed E-state index contributed by atoms with van der Waals surface area (Å²) < 4.78 is 1.72. The van der Waals surface area contributed by atoms with Crippen molar-refractivity contribution in [3.8, 4) is 0 Å². The van der Waals surface area contributed by atoms with Gasteiger partial charge in [-0.3, -0.25) is 9.48 Å². The Balaban J connectivity index is 1.83. The third kappa shape index (κ3) is 3.27. The van der Waals surface area contributed by atoms with Crippen LogP contribution in [-0.4, -0.2) is 32.2 Å². The highest BCUT2D eigenvalue weighted by atomic mass is 35.5. The maximum absolute atomic E-state index is 11.7. The van der Waals surface area contributed by atoms with Gasteiger partial charge in [0, 0.05) is 19.8 Å². The van der Waals surface area contributed by atoms with Crippen molar-refractivity contribution in [2.24, 2.45) is 7.05 Å². The van der Waals surface area contributed by atoms with Gasteiger partial charge in [0.15, 0.2) is 0 Å². The highest BCUT2D eigenvalue weighted by molar-refractivity contribution is 6.29. The molecule has 0 saturated heterocycles. The van der Waals surface area contributed by atoms with Crippen molar-refractivity contribution >= 4 is 17.5 Å². The molecule has 94 valence electrons. The second-order valence-electron chi connectivity index (χ2n) is 3.75. The van der Waals surface area contributed by atoms with E-state index in [4.69, 9.17) is 11.6 Å². The predicted molar refractivity (Wildman–Crippen MR) is 66.3 cm³/mol. The lowest BCUT2D eigenvalue weighted by Gasteiger charge is -2.02. The topological polar surface area (TPSA) is 72.7 Å². The number of hydrogen-bond donors (Lipinski definition) is 1. The fourth-order valence-corrected chi connectivity index (χ4v) is 1.54. The quantitative estimate of drug-likeness (QED) is 0.889. The molecule has 0 radical (unpaired) electrons. The van der Waals surface area contributed by atoms with Crippen molar-refractivity contribution in [3.63, 3.8) is 0 Å². The van der Waals surface area contributed by atoms with Crippen LogP contribution in [0.25, 0.3) is 0 Å². The highest BCUT2D eigenvalue weighted by Gasteiger charge is 2.07. The van der Waals surface area contributed by atoms with E-state index in [0.29, 0.717) is 6.54 Å². The SMILES string of the molecule is Cn1cc(CCNC(=O)c2cnc(Cl)cn2)cn1.